The van der Waals surface area contributed by atoms with Crippen LogP contribution in [0.4, 0.5) is 0 Å². The molecule has 24 heavy (non-hydrogen) atoms. The summed E-state index contributed by atoms with van der Waals surface area (Å²) in [6, 6.07) is 14.0. The average Bonchev–Trinajstić information content (AvgIpc) is 2.59. The standard InChI is InChI=1S/C21H26N2O/c1-16-4-7-20(14-17(16)2)21(24)19-8-5-18(6-9-19)15-23-12-10-22(3)11-13-23/h4-9,14H,10-13,15H2,1-3H3. The number of aryl methyl sites for hydroxylation is 2. The molecule has 0 aliphatic carbocycles. The van der Waals surface area contributed by atoms with Crippen molar-refractivity contribution in [3.8, 4) is 0 Å². The Kier molecular flexibility index (Phi) is 5.12. The van der Waals surface area contributed by atoms with Crippen LogP contribution >= 0.6 is 0 Å². The van der Waals surface area contributed by atoms with Crippen LogP contribution < -0.4 is 0 Å². The minimum atomic E-state index is 0.101. The lowest BCUT2D eigenvalue weighted by Gasteiger charge is -2.32. The van der Waals surface area contributed by atoms with Crippen molar-refractivity contribution in [1.29, 1.82) is 0 Å². The fraction of sp³-hybridized carbons (Fsp3) is 0.381. The zero-order valence-electron chi connectivity index (χ0n) is 14.9. The molecule has 0 radical (unpaired) electrons. The number of carbonyl (C=O) groups excluding carboxylic acids is 1. The second-order valence-corrected chi connectivity index (χ2v) is 6.90. The highest BCUT2D eigenvalue weighted by Crippen LogP contribution is 2.16. The maximum Gasteiger partial charge on any atom is 0.193 e. The van der Waals surface area contributed by atoms with Crippen molar-refractivity contribution in [1.82, 2.24) is 9.80 Å². The maximum absolute atomic E-state index is 12.6. The Morgan fingerprint density at radius 3 is 2.12 bits per heavy atom. The summed E-state index contributed by atoms with van der Waals surface area (Å²) in [5.74, 6) is 0.101. The van der Waals surface area contributed by atoms with E-state index in [1.807, 2.05) is 37.3 Å². The van der Waals surface area contributed by atoms with E-state index in [0.717, 1.165) is 49.4 Å². The number of benzene rings is 2. The van der Waals surface area contributed by atoms with Crippen molar-refractivity contribution in [3.05, 3.63) is 70.3 Å². The van der Waals surface area contributed by atoms with Gasteiger partial charge in [0.25, 0.3) is 0 Å². The molecule has 3 nitrogen and oxygen atoms in total. The fourth-order valence-corrected chi connectivity index (χ4v) is 3.08. The third-order valence-corrected chi connectivity index (χ3v) is 4.99. The van der Waals surface area contributed by atoms with E-state index < -0.39 is 0 Å². The predicted octanol–water partition coefficient (Wildman–Crippen LogP) is 3.28. The van der Waals surface area contributed by atoms with Crippen molar-refractivity contribution >= 4 is 5.78 Å². The van der Waals surface area contributed by atoms with Gasteiger partial charge in [-0.2, -0.15) is 0 Å². The van der Waals surface area contributed by atoms with Gasteiger partial charge in [-0.1, -0.05) is 36.4 Å². The second kappa shape index (κ2) is 7.29. The van der Waals surface area contributed by atoms with E-state index >= 15 is 0 Å². The van der Waals surface area contributed by atoms with Crippen LogP contribution in [0.15, 0.2) is 42.5 Å². The summed E-state index contributed by atoms with van der Waals surface area (Å²) in [5, 5.41) is 0. The molecule has 0 N–H and O–H groups in total. The minimum absolute atomic E-state index is 0.101. The van der Waals surface area contributed by atoms with Crippen LogP contribution in [-0.2, 0) is 6.54 Å². The lowest BCUT2D eigenvalue weighted by atomic mass is 9.98. The third-order valence-electron chi connectivity index (χ3n) is 4.99. The van der Waals surface area contributed by atoms with E-state index in [4.69, 9.17) is 0 Å². The summed E-state index contributed by atoms with van der Waals surface area (Å²) in [6.45, 7) is 9.56. The topological polar surface area (TPSA) is 23.6 Å². The van der Waals surface area contributed by atoms with E-state index in [1.54, 1.807) is 0 Å². The molecule has 0 atom stereocenters. The quantitative estimate of drug-likeness (QED) is 0.807. The van der Waals surface area contributed by atoms with E-state index in [9.17, 15) is 4.79 Å². The van der Waals surface area contributed by atoms with Gasteiger partial charge in [0.1, 0.15) is 0 Å². The molecule has 1 heterocycles. The molecule has 1 saturated heterocycles. The molecule has 126 valence electrons. The first kappa shape index (κ1) is 16.9. The van der Waals surface area contributed by atoms with Crippen molar-refractivity contribution in [2.45, 2.75) is 20.4 Å². The van der Waals surface area contributed by atoms with Gasteiger partial charge in [0.2, 0.25) is 0 Å². The number of piperazine rings is 1. The van der Waals surface area contributed by atoms with Gasteiger partial charge in [-0.05, 0) is 43.7 Å². The Morgan fingerprint density at radius 1 is 0.875 bits per heavy atom. The third kappa shape index (κ3) is 3.92. The molecule has 0 bridgehead atoms. The van der Waals surface area contributed by atoms with Crippen molar-refractivity contribution < 1.29 is 4.79 Å². The van der Waals surface area contributed by atoms with Crippen molar-refractivity contribution in [2.75, 3.05) is 33.2 Å². The number of carbonyl (C=O) groups is 1. The summed E-state index contributed by atoms with van der Waals surface area (Å²) >= 11 is 0. The second-order valence-electron chi connectivity index (χ2n) is 6.90. The first-order chi connectivity index (χ1) is 11.5. The average molecular weight is 322 g/mol. The molecule has 0 saturated carbocycles. The van der Waals surface area contributed by atoms with E-state index in [0.29, 0.717) is 0 Å². The summed E-state index contributed by atoms with van der Waals surface area (Å²) in [5.41, 5.74) is 5.18. The highest BCUT2D eigenvalue weighted by molar-refractivity contribution is 6.09. The highest BCUT2D eigenvalue weighted by atomic mass is 16.1. The Hall–Kier alpha value is -1.97. The highest BCUT2D eigenvalue weighted by Gasteiger charge is 2.14. The van der Waals surface area contributed by atoms with Crippen LogP contribution in [0.5, 0.6) is 0 Å². The van der Waals surface area contributed by atoms with E-state index in [2.05, 4.69) is 35.9 Å². The van der Waals surface area contributed by atoms with Gasteiger partial charge in [0.05, 0.1) is 0 Å². The largest absolute Gasteiger partial charge is 0.304 e. The maximum atomic E-state index is 12.6. The van der Waals surface area contributed by atoms with Crippen molar-refractivity contribution in [2.24, 2.45) is 0 Å². The minimum Gasteiger partial charge on any atom is -0.304 e. The summed E-state index contributed by atoms with van der Waals surface area (Å²) < 4.78 is 0. The lowest BCUT2D eigenvalue weighted by molar-refractivity contribution is 0.103. The fourth-order valence-electron chi connectivity index (χ4n) is 3.08. The Morgan fingerprint density at radius 2 is 1.50 bits per heavy atom. The number of hydrogen-bond donors (Lipinski definition) is 0. The zero-order valence-corrected chi connectivity index (χ0v) is 14.9. The molecule has 0 spiro atoms. The smallest absolute Gasteiger partial charge is 0.193 e. The van der Waals surface area contributed by atoms with Crippen LogP contribution in [0.3, 0.4) is 0 Å². The molecule has 2 aromatic carbocycles. The summed E-state index contributed by atoms with van der Waals surface area (Å²) in [6.07, 6.45) is 0. The van der Waals surface area contributed by atoms with Crippen LogP contribution in [0.25, 0.3) is 0 Å². The molecule has 1 fully saturated rings. The molecule has 1 aliphatic heterocycles. The molecule has 1 aliphatic rings. The lowest BCUT2D eigenvalue weighted by Crippen LogP contribution is -2.43. The monoisotopic (exact) mass is 322 g/mol. The van der Waals surface area contributed by atoms with Crippen LogP contribution in [-0.4, -0.2) is 48.8 Å². The number of hydrogen-bond acceptors (Lipinski definition) is 3. The van der Waals surface area contributed by atoms with Crippen LogP contribution in [0.1, 0.15) is 32.6 Å². The van der Waals surface area contributed by atoms with Gasteiger partial charge in [0.15, 0.2) is 5.78 Å². The number of ketones is 1. The van der Waals surface area contributed by atoms with Crippen molar-refractivity contribution in [3.63, 3.8) is 0 Å². The molecular formula is C21H26N2O. The zero-order chi connectivity index (χ0) is 17.1. The van der Waals surface area contributed by atoms with Gasteiger partial charge in [0, 0.05) is 43.9 Å². The van der Waals surface area contributed by atoms with Gasteiger partial charge in [-0.15, -0.1) is 0 Å². The first-order valence-electron chi connectivity index (χ1n) is 8.65. The molecule has 0 unspecified atom stereocenters. The molecule has 3 heteroatoms. The first-order valence-corrected chi connectivity index (χ1v) is 8.65. The van der Waals surface area contributed by atoms with Gasteiger partial charge >= 0.3 is 0 Å². The SMILES string of the molecule is Cc1ccc(C(=O)c2ccc(CN3CCN(C)CC3)cc2)cc1C. The number of nitrogens with zero attached hydrogens (tertiary/aromatic N) is 2. The molecule has 0 amide bonds. The normalized spacial score (nSPS) is 16.3. The Balaban J connectivity index is 1.67. The molecule has 0 aromatic heterocycles. The Labute approximate surface area is 144 Å². The van der Waals surface area contributed by atoms with Gasteiger partial charge in [-0.25, -0.2) is 0 Å². The van der Waals surface area contributed by atoms with E-state index in [-0.39, 0.29) is 5.78 Å². The predicted molar refractivity (Wildman–Crippen MR) is 98.6 cm³/mol. The molecule has 2 aromatic rings. The molecule has 3 rings (SSSR count). The Bertz CT molecular complexity index is 713. The number of likely N-dealkylation sites (N-methyl/N-ethyl adjacent to an activating group) is 1. The number of rotatable bonds is 4. The van der Waals surface area contributed by atoms with Crippen LogP contribution in [0, 0.1) is 13.8 Å². The van der Waals surface area contributed by atoms with Crippen LogP contribution in [0.2, 0.25) is 0 Å². The van der Waals surface area contributed by atoms with Gasteiger partial charge < -0.3 is 4.90 Å². The molecular weight excluding hydrogens is 296 g/mol. The van der Waals surface area contributed by atoms with E-state index in [1.165, 1.54) is 11.1 Å². The summed E-state index contributed by atoms with van der Waals surface area (Å²) in [7, 11) is 2.17. The summed E-state index contributed by atoms with van der Waals surface area (Å²) in [4.78, 5) is 17.5. The van der Waals surface area contributed by atoms with Gasteiger partial charge in [-0.3, -0.25) is 9.69 Å².